The first kappa shape index (κ1) is 18.9. The second-order valence-corrected chi connectivity index (χ2v) is 8.76. The Labute approximate surface area is 171 Å². The van der Waals surface area contributed by atoms with Gasteiger partial charge in [-0.2, -0.15) is 5.26 Å². The minimum absolute atomic E-state index is 0.486. The van der Waals surface area contributed by atoms with E-state index in [2.05, 4.69) is 66.1 Å². The summed E-state index contributed by atoms with van der Waals surface area (Å²) < 4.78 is 1.28. The molecule has 1 saturated heterocycles. The van der Waals surface area contributed by atoms with Gasteiger partial charge < -0.3 is 4.90 Å². The van der Waals surface area contributed by atoms with E-state index in [-0.39, 0.29) is 0 Å². The van der Waals surface area contributed by atoms with Crippen LogP contribution in [0.3, 0.4) is 0 Å². The molecule has 0 spiro atoms. The molecule has 0 unspecified atom stereocenters. The molecule has 0 amide bonds. The van der Waals surface area contributed by atoms with Crippen LogP contribution in [-0.4, -0.2) is 36.1 Å². The number of nitriles is 1. The number of fused-ring (bicyclic) bond motifs is 1. The van der Waals surface area contributed by atoms with Crippen LogP contribution in [0, 0.1) is 25.2 Å². The highest BCUT2D eigenvalue weighted by molar-refractivity contribution is 7.22. The molecule has 5 heteroatoms. The minimum Gasteiger partial charge on any atom is -0.347 e. The molecule has 0 aliphatic carbocycles. The zero-order valence-corrected chi connectivity index (χ0v) is 17.4. The number of hydrogen-bond acceptors (Lipinski definition) is 5. The lowest BCUT2D eigenvalue weighted by Crippen LogP contribution is -2.30. The van der Waals surface area contributed by atoms with Crippen LogP contribution in [0.1, 0.15) is 28.7 Å². The summed E-state index contributed by atoms with van der Waals surface area (Å²) in [5.41, 5.74) is 6.08. The third-order valence-corrected chi connectivity index (χ3v) is 6.36. The summed E-state index contributed by atoms with van der Waals surface area (Å²) in [6.45, 7) is 9.41. The zero-order chi connectivity index (χ0) is 19.5. The predicted molar refractivity (Wildman–Crippen MR) is 117 cm³/mol. The molecule has 4 nitrogen and oxygen atoms in total. The van der Waals surface area contributed by atoms with Crippen LogP contribution >= 0.6 is 11.3 Å². The van der Waals surface area contributed by atoms with Gasteiger partial charge >= 0.3 is 0 Å². The van der Waals surface area contributed by atoms with Crippen molar-refractivity contribution >= 4 is 26.7 Å². The fourth-order valence-electron chi connectivity index (χ4n) is 3.97. The minimum atomic E-state index is 0.486. The van der Waals surface area contributed by atoms with Crippen LogP contribution in [0.5, 0.6) is 0 Å². The Balaban J connectivity index is 1.44. The molecular formula is C23H26N4S. The summed E-state index contributed by atoms with van der Waals surface area (Å²) in [6.07, 6.45) is 1.63. The SMILES string of the molecule is Cc1cc(CC#N)cc(CN2CCCN(c3nc4ccc(C)cc4s3)CC2)c1. The second-order valence-electron chi connectivity index (χ2n) is 7.75. The first-order chi connectivity index (χ1) is 13.6. The number of aromatic nitrogens is 1. The maximum absolute atomic E-state index is 8.99. The van der Waals surface area contributed by atoms with Crippen molar-refractivity contribution < 1.29 is 0 Å². The average Bonchev–Trinajstić information content (AvgIpc) is 2.92. The molecule has 4 rings (SSSR count). The number of hydrogen-bond donors (Lipinski definition) is 0. The van der Waals surface area contributed by atoms with Crippen molar-refractivity contribution in [2.45, 2.75) is 33.2 Å². The summed E-state index contributed by atoms with van der Waals surface area (Å²) in [5, 5.41) is 10.1. The lowest BCUT2D eigenvalue weighted by molar-refractivity contribution is 0.285. The molecule has 1 aliphatic heterocycles. The molecular weight excluding hydrogens is 364 g/mol. The summed E-state index contributed by atoms with van der Waals surface area (Å²) in [7, 11) is 0. The summed E-state index contributed by atoms with van der Waals surface area (Å²) in [4.78, 5) is 9.84. The van der Waals surface area contributed by atoms with Crippen LogP contribution in [0.4, 0.5) is 5.13 Å². The monoisotopic (exact) mass is 390 g/mol. The van der Waals surface area contributed by atoms with Gasteiger partial charge in [0.05, 0.1) is 22.7 Å². The van der Waals surface area contributed by atoms with Gasteiger partial charge in [-0.25, -0.2) is 4.98 Å². The van der Waals surface area contributed by atoms with Crippen molar-refractivity contribution in [3.05, 3.63) is 58.7 Å². The molecule has 2 aromatic carbocycles. The Morgan fingerprint density at radius 3 is 2.71 bits per heavy atom. The number of rotatable bonds is 4. The Kier molecular flexibility index (Phi) is 5.61. The van der Waals surface area contributed by atoms with E-state index < -0.39 is 0 Å². The van der Waals surface area contributed by atoms with Gasteiger partial charge in [-0.15, -0.1) is 0 Å². The predicted octanol–water partition coefficient (Wildman–Crippen LogP) is 4.69. The maximum atomic E-state index is 8.99. The van der Waals surface area contributed by atoms with E-state index in [1.54, 1.807) is 0 Å². The lowest BCUT2D eigenvalue weighted by Gasteiger charge is -2.22. The number of anilines is 1. The third-order valence-electron chi connectivity index (χ3n) is 5.28. The number of benzene rings is 2. The molecule has 0 saturated carbocycles. The van der Waals surface area contributed by atoms with Gasteiger partial charge in [-0.05, 0) is 49.1 Å². The van der Waals surface area contributed by atoms with E-state index in [0.29, 0.717) is 6.42 Å². The van der Waals surface area contributed by atoms with Crippen LogP contribution in [0.25, 0.3) is 10.2 Å². The van der Waals surface area contributed by atoms with Crippen molar-refractivity contribution in [3.8, 4) is 6.07 Å². The van der Waals surface area contributed by atoms with E-state index >= 15 is 0 Å². The smallest absolute Gasteiger partial charge is 0.186 e. The average molecular weight is 391 g/mol. The van der Waals surface area contributed by atoms with Gasteiger partial charge in [-0.1, -0.05) is 41.2 Å². The zero-order valence-electron chi connectivity index (χ0n) is 16.6. The van der Waals surface area contributed by atoms with Gasteiger partial charge in [-0.3, -0.25) is 4.90 Å². The molecule has 2 heterocycles. The van der Waals surface area contributed by atoms with Crippen LogP contribution in [0.15, 0.2) is 36.4 Å². The van der Waals surface area contributed by atoms with Crippen LogP contribution in [0.2, 0.25) is 0 Å². The Bertz CT molecular complexity index is 1020. The van der Waals surface area contributed by atoms with E-state index in [9.17, 15) is 0 Å². The third kappa shape index (κ3) is 4.35. The Hall–Kier alpha value is -2.42. The lowest BCUT2D eigenvalue weighted by atomic mass is 10.0. The van der Waals surface area contributed by atoms with Crippen molar-refractivity contribution in [3.63, 3.8) is 0 Å². The largest absolute Gasteiger partial charge is 0.347 e. The molecule has 0 N–H and O–H groups in total. The number of nitrogens with zero attached hydrogens (tertiary/aromatic N) is 4. The highest BCUT2D eigenvalue weighted by Crippen LogP contribution is 2.30. The topological polar surface area (TPSA) is 43.2 Å². The van der Waals surface area contributed by atoms with Crippen molar-refractivity contribution in [2.75, 3.05) is 31.1 Å². The molecule has 1 fully saturated rings. The van der Waals surface area contributed by atoms with Gasteiger partial charge in [0, 0.05) is 32.7 Å². The van der Waals surface area contributed by atoms with E-state index in [1.165, 1.54) is 21.4 Å². The molecule has 28 heavy (non-hydrogen) atoms. The van der Waals surface area contributed by atoms with Gasteiger partial charge in [0.2, 0.25) is 0 Å². The summed E-state index contributed by atoms with van der Waals surface area (Å²) in [5.74, 6) is 0. The first-order valence-electron chi connectivity index (χ1n) is 9.91. The maximum Gasteiger partial charge on any atom is 0.186 e. The fourth-order valence-corrected chi connectivity index (χ4v) is 5.08. The normalized spacial score (nSPS) is 15.5. The Morgan fingerprint density at radius 2 is 1.86 bits per heavy atom. The van der Waals surface area contributed by atoms with Crippen molar-refractivity contribution in [1.82, 2.24) is 9.88 Å². The molecule has 0 radical (unpaired) electrons. The van der Waals surface area contributed by atoms with Crippen molar-refractivity contribution in [1.29, 1.82) is 5.26 Å². The fraction of sp³-hybridized carbons (Fsp3) is 0.391. The molecule has 1 aliphatic rings. The number of aryl methyl sites for hydroxylation is 2. The standard InChI is InChI=1S/C23H26N4S/c1-17-4-5-21-22(14-17)28-23(25-21)27-9-3-8-26(10-11-27)16-20-13-18(2)12-19(15-20)6-7-24/h4-5,12-15H,3,6,8-11,16H2,1-2H3. The summed E-state index contributed by atoms with van der Waals surface area (Å²) >= 11 is 1.81. The molecule has 0 atom stereocenters. The van der Waals surface area contributed by atoms with E-state index in [0.717, 1.165) is 55.4 Å². The van der Waals surface area contributed by atoms with Crippen molar-refractivity contribution in [2.24, 2.45) is 0 Å². The molecule has 0 bridgehead atoms. The van der Waals surface area contributed by atoms with Gasteiger partial charge in [0.25, 0.3) is 0 Å². The highest BCUT2D eigenvalue weighted by Gasteiger charge is 2.18. The first-order valence-corrected chi connectivity index (χ1v) is 10.7. The highest BCUT2D eigenvalue weighted by atomic mass is 32.1. The quantitative estimate of drug-likeness (QED) is 0.648. The molecule has 1 aromatic heterocycles. The van der Waals surface area contributed by atoms with Gasteiger partial charge in [0.15, 0.2) is 5.13 Å². The summed E-state index contributed by atoms with van der Waals surface area (Å²) in [6, 6.07) is 15.3. The molecule has 144 valence electrons. The second kappa shape index (κ2) is 8.30. The Morgan fingerprint density at radius 1 is 1.00 bits per heavy atom. The number of thiazole rings is 1. The van der Waals surface area contributed by atoms with Crippen LogP contribution in [-0.2, 0) is 13.0 Å². The van der Waals surface area contributed by atoms with Gasteiger partial charge in [0.1, 0.15) is 0 Å². The van der Waals surface area contributed by atoms with E-state index in [1.807, 2.05) is 11.3 Å². The molecule has 3 aromatic rings. The van der Waals surface area contributed by atoms with E-state index in [4.69, 9.17) is 10.2 Å². The van der Waals surface area contributed by atoms with Crippen LogP contribution < -0.4 is 4.90 Å².